The third-order valence-electron chi connectivity index (χ3n) is 1.60. The van der Waals surface area contributed by atoms with Gasteiger partial charge in [-0.1, -0.05) is 0 Å². The summed E-state index contributed by atoms with van der Waals surface area (Å²) in [4.78, 5) is 13.3. The van der Waals surface area contributed by atoms with Gasteiger partial charge in [-0.3, -0.25) is 4.79 Å². The number of carbonyl (C=O) groups is 1. The lowest BCUT2D eigenvalue weighted by Crippen LogP contribution is -2.24. The maximum absolute atomic E-state index is 11.3. The average Bonchev–Trinajstić information content (AvgIpc) is 2.13. The highest BCUT2D eigenvalue weighted by Crippen LogP contribution is 2.10. The fraction of sp³-hybridized carbons (Fsp3) is 0.889. The number of nitrogens with zero attached hydrogens (tertiary/aromatic N) is 1. The zero-order chi connectivity index (χ0) is 11.0. The third kappa shape index (κ3) is 7.17. The van der Waals surface area contributed by atoms with Gasteiger partial charge in [-0.05, 0) is 21.0 Å². The molecular formula is C9H20N2O2S. The van der Waals surface area contributed by atoms with Crippen molar-refractivity contribution < 1.29 is 9.53 Å². The minimum absolute atomic E-state index is 0.110. The standard InChI is InChI=1S/C9H20N2O2S/c1-8(14-7-4-10)9(12)13-6-5-11(2)3/h8H,4-7,10H2,1-3H3. The first-order valence-corrected chi connectivity index (χ1v) is 5.75. The highest BCUT2D eigenvalue weighted by Gasteiger charge is 2.13. The van der Waals surface area contributed by atoms with E-state index in [1.54, 1.807) is 0 Å². The monoisotopic (exact) mass is 220 g/mol. The molecule has 5 heteroatoms. The summed E-state index contributed by atoms with van der Waals surface area (Å²) in [7, 11) is 3.89. The molecule has 1 unspecified atom stereocenters. The number of ether oxygens (including phenoxy) is 1. The van der Waals surface area contributed by atoms with E-state index >= 15 is 0 Å². The summed E-state index contributed by atoms with van der Waals surface area (Å²) in [6, 6.07) is 0. The summed E-state index contributed by atoms with van der Waals surface area (Å²) in [6.07, 6.45) is 0. The van der Waals surface area contributed by atoms with E-state index < -0.39 is 0 Å². The van der Waals surface area contributed by atoms with Crippen LogP contribution in [0.15, 0.2) is 0 Å². The first-order chi connectivity index (χ1) is 6.57. The van der Waals surface area contributed by atoms with E-state index in [1.807, 2.05) is 25.9 Å². The molecule has 0 radical (unpaired) electrons. The zero-order valence-electron chi connectivity index (χ0n) is 9.16. The first kappa shape index (κ1) is 13.7. The predicted molar refractivity (Wildman–Crippen MR) is 60.5 cm³/mol. The lowest BCUT2D eigenvalue weighted by atomic mass is 10.5. The molecule has 0 fully saturated rings. The number of hydrogen-bond acceptors (Lipinski definition) is 5. The quantitative estimate of drug-likeness (QED) is 0.620. The Bertz CT molecular complexity index is 165. The van der Waals surface area contributed by atoms with Crippen LogP contribution in [0.2, 0.25) is 0 Å². The first-order valence-electron chi connectivity index (χ1n) is 4.71. The number of esters is 1. The molecule has 14 heavy (non-hydrogen) atoms. The van der Waals surface area contributed by atoms with E-state index in [9.17, 15) is 4.79 Å². The van der Waals surface area contributed by atoms with Crippen LogP contribution < -0.4 is 5.73 Å². The van der Waals surface area contributed by atoms with E-state index in [1.165, 1.54) is 11.8 Å². The Labute approximate surface area is 90.2 Å². The highest BCUT2D eigenvalue weighted by molar-refractivity contribution is 8.00. The largest absolute Gasteiger partial charge is 0.464 e. The molecule has 2 N–H and O–H groups in total. The molecule has 0 aliphatic rings. The summed E-state index contributed by atoms with van der Waals surface area (Å²) in [5.41, 5.74) is 5.34. The van der Waals surface area contributed by atoms with Crippen LogP contribution in [0.1, 0.15) is 6.92 Å². The van der Waals surface area contributed by atoms with Gasteiger partial charge in [0.15, 0.2) is 0 Å². The smallest absolute Gasteiger partial charge is 0.318 e. The molecule has 0 aromatic heterocycles. The number of thioether (sulfide) groups is 1. The van der Waals surface area contributed by atoms with E-state index in [2.05, 4.69) is 0 Å². The van der Waals surface area contributed by atoms with E-state index in [-0.39, 0.29) is 11.2 Å². The van der Waals surface area contributed by atoms with Crippen LogP contribution >= 0.6 is 11.8 Å². The van der Waals surface area contributed by atoms with Gasteiger partial charge in [0.05, 0.1) is 5.25 Å². The van der Waals surface area contributed by atoms with E-state index in [0.29, 0.717) is 13.2 Å². The maximum atomic E-state index is 11.3. The van der Waals surface area contributed by atoms with Crippen LogP contribution in [0.5, 0.6) is 0 Å². The Balaban J connectivity index is 3.52. The number of nitrogens with two attached hydrogens (primary N) is 1. The molecule has 0 saturated carbocycles. The Kier molecular flexibility index (Phi) is 7.93. The van der Waals surface area contributed by atoms with Crippen LogP contribution in [0.25, 0.3) is 0 Å². The lowest BCUT2D eigenvalue weighted by molar-refractivity contribution is -0.142. The topological polar surface area (TPSA) is 55.6 Å². The summed E-state index contributed by atoms with van der Waals surface area (Å²) >= 11 is 1.53. The number of hydrogen-bond donors (Lipinski definition) is 1. The molecule has 0 rings (SSSR count). The normalized spacial score (nSPS) is 12.9. The highest BCUT2D eigenvalue weighted by atomic mass is 32.2. The van der Waals surface area contributed by atoms with Gasteiger partial charge in [-0.2, -0.15) is 0 Å². The molecule has 0 heterocycles. The molecule has 0 bridgehead atoms. The van der Waals surface area contributed by atoms with Gasteiger partial charge in [0.1, 0.15) is 6.61 Å². The molecule has 0 aromatic carbocycles. The number of likely N-dealkylation sites (N-methyl/N-ethyl adjacent to an activating group) is 1. The minimum Gasteiger partial charge on any atom is -0.464 e. The van der Waals surface area contributed by atoms with Crippen LogP contribution in [0, 0.1) is 0 Å². The van der Waals surface area contributed by atoms with Gasteiger partial charge in [0, 0.05) is 18.8 Å². The van der Waals surface area contributed by atoms with E-state index in [4.69, 9.17) is 10.5 Å². The predicted octanol–water partition coefficient (Wildman–Crippen LogP) is 0.172. The fourth-order valence-corrected chi connectivity index (χ4v) is 1.45. The van der Waals surface area contributed by atoms with Crippen LogP contribution in [-0.4, -0.2) is 55.7 Å². The summed E-state index contributed by atoms with van der Waals surface area (Å²) in [5.74, 6) is 0.648. The van der Waals surface area contributed by atoms with Crippen molar-refractivity contribution in [2.24, 2.45) is 5.73 Å². The molecule has 4 nitrogen and oxygen atoms in total. The second kappa shape index (κ2) is 8.08. The van der Waals surface area contributed by atoms with Crippen molar-refractivity contribution in [3.05, 3.63) is 0 Å². The Morgan fingerprint density at radius 2 is 2.21 bits per heavy atom. The Morgan fingerprint density at radius 1 is 1.57 bits per heavy atom. The van der Waals surface area contributed by atoms with Crippen molar-refractivity contribution in [3.8, 4) is 0 Å². The maximum Gasteiger partial charge on any atom is 0.318 e. The van der Waals surface area contributed by atoms with Crippen molar-refractivity contribution in [3.63, 3.8) is 0 Å². The molecular weight excluding hydrogens is 200 g/mol. The van der Waals surface area contributed by atoms with Crippen LogP contribution in [-0.2, 0) is 9.53 Å². The van der Waals surface area contributed by atoms with Crippen molar-refractivity contribution in [1.82, 2.24) is 4.90 Å². The second-order valence-electron chi connectivity index (χ2n) is 3.27. The summed E-state index contributed by atoms with van der Waals surface area (Å²) in [6.45, 7) is 3.66. The molecule has 0 spiro atoms. The fourth-order valence-electron chi connectivity index (χ4n) is 0.759. The molecule has 1 atom stereocenters. The average molecular weight is 220 g/mol. The van der Waals surface area contributed by atoms with Crippen molar-refractivity contribution >= 4 is 17.7 Å². The summed E-state index contributed by atoms with van der Waals surface area (Å²) < 4.78 is 5.07. The second-order valence-corrected chi connectivity index (χ2v) is 4.72. The summed E-state index contributed by atoms with van der Waals surface area (Å²) in [5, 5.41) is -0.110. The van der Waals surface area contributed by atoms with Crippen molar-refractivity contribution in [2.75, 3.05) is 39.5 Å². The number of carbonyl (C=O) groups excluding carboxylic acids is 1. The van der Waals surface area contributed by atoms with Crippen LogP contribution in [0.3, 0.4) is 0 Å². The van der Waals surface area contributed by atoms with Crippen molar-refractivity contribution in [1.29, 1.82) is 0 Å². The van der Waals surface area contributed by atoms with Gasteiger partial charge in [0.25, 0.3) is 0 Å². The van der Waals surface area contributed by atoms with Gasteiger partial charge in [0.2, 0.25) is 0 Å². The molecule has 0 aromatic rings. The third-order valence-corrected chi connectivity index (χ3v) is 2.76. The molecule has 0 aliphatic heterocycles. The van der Waals surface area contributed by atoms with Gasteiger partial charge in [-0.15, -0.1) is 11.8 Å². The lowest BCUT2D eigenvalue weighted by Gasteiger charge is -2.13. The Hall–Kier alpha value is -0.260. The van der Waals surface area contributed by atoms with Crippen molar-refractivity contribution in [2.45, 2.75) is 12.2 Å². The number of rotatable bonds is 7. The minimum atomic E-state index is -0.148. The van der Waals surface area contributed by atoms with E-state index in [0.717, 1.165) is 12.3 Å². The van der Waals surface area contributed by atoms with Gasteiger partial charge in [-0.25, -0.2) is 0 Å². The SMILES string of the molecule is CC(SCCN)C(=O)OCCN(C)C. The molecule has 84 valence electrons. The zero-order valence-corrected chi connectivity index (χ0v) is 9.97. The van der Waals surface area contributed by atoms with Gasteiger partial charge < -0.3 is 15.4 Å². The Morgan fingerprint density at radius 3 is 2.71 bits per heavy atom. The molecule has 0 amide bonds. The molecule has 0 aliphatic carbocycles. The molecule has 0 saturated heterocycles. The van der Waals surface area contributed by atoms with Gasteiger partial charge >= 0.3 is 5.97 Å². The van der Waals surface area contributed by atoms with Crippen LogP contribution in [0.4, 0.5) is 0 Å².